The van der Waals surface area contributed by atoms with Gasteiger partial charge in [-0.3, -0.25) is 0 Å². The fraction of sp³-hybridized carbons (Fsp3) is 0.0588. The number of anilines is 2. The summed E-state index contributed by atoms with van der Waals surface area (Å²) in [5, 5.41) is 6.33. The summed E-state index contributed by atoms with van der Waals surface area (Å²) in [6.45, 7) is 2.01. The SMILES string of the molecule is Cc1nc(-c2cccc(Nc3nc4ccccc4o3)c2)cs1. The second-order valence-corrected chi connectivity index (χ2v) is 6.01. The Morgan fingerprint density at radius 2 is 1.95 bits per heavy atom. The van der Waals surface area contributed by atoms with Crippen molar-refractivity contribution in [3.8, 4) is 11.3 Å². The quantitative estimate of drug-likeness (QED) is 0.578. The molecule has 0 aliphatic carbocycles. The molecule has 0 bridgehead atoms. The van der Waals surface area contributed by atoms with E-state index in [1.807, 2.05) is 55.5 Å². The van der Waals surface area contributed by atoms with Crippen molar-refractivity contribution in [2.75, 3.05) is 5.32 Å². The third-order valence-corrected chi connectivity index (χ3v) is 4.10. The van der Waals surface area contributed by atoms with E-state index in [4.69, 9.17) is 4.42 Å². The second kappa shape index (κ2) is 5.27. The Bertz CT molecular complexity index is 909. The minimum absolute atomic E-state index is 0.493. The number of nitrogens with zero attached hydrogens (tertiary/aromatic N) is 2. The lowest BCUT2D eigenvalue weighted by molar-refractivity contribution is 0.623. The van der Waals surface area contributed by atoms with Crippen molar-refractivity contribution < 1.29 is 4.42 Å². The number of oxazole rings is 1. The fourth-order valence-corrected chi connectivity index (χ4v) is 2.92. The summed E-state index contributed by atoms with van der Waals surface area (Å²) in [5.41, 5.74) is 4.61. The molecule has 0 radical (unpaired) electrons. The molecular formula is C17H13N3OS. The zero-order valence-electron chi connectivity index (χ0n) is 11.9. The minimum Gasteiger partial charge on any atom is -0.423 e. The molecule has 1 N–H and O–H groups in total. The van der Waals surface area contributed by atoms with Crippen molar-refractivity contribution in [3.05, 3.63) is 58.9 Å². The molecule has 0 fully saturated rings. The van der Waals surface area contributed by atoms with Crippen LogP contribution >= 0.6 is 11.3 Å². The molecule has 2 aromatic heterocycles. The summed E-state index contributed by atoms with van der Waals surface area (Å²) in [6.07, 6.45) is 0. The molecule has 0 aliphatic heterocycles. The largest absolute Gasteiger partial charge is 0.423 e. The standard InChI is InChI=1S/C17H13N3OS/c1-11-18-15(10-22-11)12-5-4-6-13(9-12)19-17-20-14-7-2-3-8-16(14)21-17/h2-10H,1H3,(H,19,20). The molecule has 22 heavy (non-hydrogen) atoms. The summed E-state index contributed by atoms with van der Waals surface area (Å²) in [7, 11) is 0. The molecular weight excluding hydrogens is 294 g/mol. The molecule has 4 rings (SSSR count). The molecule has 2 heterocycles. The van der Waals surface area contributed by atoms with Crippen LogP contribution in [0.1, 0.15) is 5.01 Å². The molecule has 2 aromatic carbocycles. The topological polar surface area (TPSA) is 51.0 Å². The number of aromatic nitrogens is 2. The van der Waals surface area contributed by atoms with Crippen LogP contribution in [0, 0.1) is 6.92 Å². The van der Waals surface area contributed by atoms with E-state index in [0.29, 0.717) is 6.01 Å². The van der Waals surface area contributed by atoms with Crippen molar-refractivity contribution in [1.82, 2.24) is 9.97 Å². The molecule has 0 amide bonds. The molecule has 0 spiro atoms. The molecule has 5 heteroatoms. The monoisotopic (exact) mass is 307 g/mol. The van der Waals surface area contributed by atoms with Crippen LogP contribution in [-0.4, -0.2) is 9.97 Å². The lowest BCUT2D eigenvalue weighted by atomic mass is 10.1. The first-order valence-corrected chi connectivity index (χ1v) is 7.81. The highest BCUT2D eigenvalue weighted by Crippen LogP contribution is 2.26. The number of benzene rings is 2. The van der Waals surface area contributed by atoms with E-state index in [0.717, 1.165) is 33.1 Å². The third kappa shape index (κ3) is 2.46. The molecule has 4 nitrogen and oxygen atoms in total. The number of aryl methyl sites for hydroxylation is 1. The maximum Gasteiger partial charge on any atom is 0.300 e. The molecule has 108 valence electrons. The first kappa shape index (κ1) is 13.0. The van der Waals surface area contributed by atoms with Crippen LogP contribution < -0.4 is 5.32 Å². The second-order valence-electron chi connectivity index (χ2n) is 4.94. The van der Waals surface area contributed by atoms with Crippen molar-refractivity contribution >= 4 is 34.1 Å². The Kier molecular flexibility index (Phi) is 3.12. The van der Waals surface area contributed by atoms with E-state index in [1.54, 1.807) is 11.3 Å². The van der Waals surface area contributed by atoms with Gasteiger partial charge >= 0.3 is 0 Å². The Hall–Kier alpha value is -2.66. The van der Waals surface area contributed by atoms with Gasteiger partial charge in [-0.1, -0.05) is 24.3 Å². The van der Waals surface area contributed by atoms with Gasteiger partial charge in [-0.2, -0.15) is 4.98 Å². The highest BCUT2D eigenvalue weighted by atomic mass is 32.1. The smallest absolute Gasteiger partial charge is 0.300 e. The van der Waals surface area contributed by atoms with Crippen LogP contribution in [0.4, 0.5) is 11.7 Å². The number of hydrogen-bond acceptors (Lipinski definition) is 5. The maximum absolute atomic E-state index is 5.69. The van der Waals surface area contributed by atoms with Crippen LogP contribution in [0.25, 0.3) is 22.4 Å². The minimum atomic E-state index is 0.493. The molecule has 0 saturated carbocycles. The molecule has 0 unspecified atom stereocenters. The van der Waals surface area contributed by atoms with E-state index in [-0.39, 0.29) is 0 Å². The van der Waals surface area contributed by atoms with Crippen molar-refractivity contribution in [3.63, 3.8) is 0 Å². The predicted octanol–water partition coefficient (Wildman–Crippen LogP) is 5.00. The summed E-state index contributed by atoms with van der Waals surface area (Å²) < 4.78 is 5.69. The van der Waals surface area contributed by atoms with Gasteiger partial charge < -0.3 is 9.73 Å². The molecule has 0 aliphatic rings. The number of fused-ring (bicyclic) bond motifs is 1. The average Bonchev–Trinajstić information content (AvgIpc) is 3.13. The Morgan fingerprint density at radius 3 is 2.77 bits per heavy atom. The predicted molar refractivity (Wildman–Crippen MR) is 89.6 cm³/mol. The summed E-state index contributed by atoms with van der Waals surface area (Å²) in [4.78, 5) is 8.94. The van der Waals surface area contributed by atoms with Gasteiger partial charge in [0.25, 0.3) is 6.01 Å². The fourth-order valence-electron chi connectivity index (χ4n) is 2.30. The maximum atomic E-state index is 5.69. The van der Waals surface area contributed by atoms with Crippen molar-refractivity contribution in [2.24, 2.45) is 0 Å². The molecule has 4 aromatic rings. The Labute approximate surface area is 131 Å². The molecule has 0 atom stereocenters. The Balaban J connectivity index is 1.65. The first-order valence-electron chi connectivity index (χ1n) is 6.93. The van der Waals surface area contributed by atoms with Gasteiger partial charge in [0.05, 0.1) is 10.7 Å². The lowest BCUT2D eigenvalue weighted by Gasteiger charge is -2.03. The van der Waals surface area contributed by atoms with Gasteiger partial charge in [0.15, 0.2) is 5.58 Å². The zero-order valence-corrected chi connectivity index (χ0v) is 12.7. The van der Waals surface area contributed by atoms with Gasteiger partial charge in [-0.15, -0.1) is 11.3 Å². The summed E-state index contributed by atoms with van der Waals surface area (Å²) >= 11 is 1.65. The van der Waals surface area contributed by atoms with E-state index < -0.39 is 0 Å². The lowest BCUT2D eigenvalue weighted by Crippen LogP contribution is -1.90. The van der Waals surface area contributed by atoms with Crippen molar-refractivity contribution in [2.45, 2.75) is 6.92 Å². The van der Waals surface area contributed by atoms with E-state index >= 15 is 0 Å². The third-order valence-electron chi connectivity index (χ3n) is 3.32. The average molecular weight is 307 g/mol. The Morgan fingerprint density at radius 1 is 1.05 bits per heavy atom. The normalized spacial score (nSPS) is 11.0. The van der Waals surface area contributed by atoms with Crippen LogP contribution in [0.5, 0.6) is 0 Å². The number of nitrogens with one attached hydrogen (secondary N) is 1. The number of hydrogen-bond donors (Lipinski definition) is 1. The van der Waals surface area contributed by atoms with Crippen molar-refractivity contribution in [1.29, 1.82) is 0 Å². The van der Waals surface area contributed by atoms with Crippen LogP contribution in [-0.2, 0) is 0 Å². The van der Waals surface area contributed by atoms with Crippen LogP contribution in [0.3, 0.4) is 0 Å². The summed E-state index contributed by atoms with van der Waals surface area (Å²) in [6, 6.07) is 16.3. The van der Waals surface area contributed by atoms with E-state index in [1.165, 1.54) is 0 Å². The van der Waals surface area contributed by atoms with Gasteiger partial charge in [0.2, 0.25) is 0 Å². The van der Waals surface area contributed by atoms with Gasteiger partial charge in [0, 0.05) is 16.6 Å². The van der Waals surface area contributed by atoms with Gasteiger partial charge in [0.1, 0.15) is 5.52 Å². The molecule has 0 saturated heterocycles. The van der Waals surface area contributed by atoms with E-state index in [9.17, 15) is 0 Å². The number of para-hydroxylation sites is 2. The highest BCUT2D eigenvalue weighted by Gasteiger charge is 2.07. The van der Waals surface area contributed by atoms with Gasteiger partial charge in [-0.25, -0.2) is 4.98 Å². The highest BCUT2D eigenvalue weighted by molar-refractivity contribution is 7.09. The van der Waals surface area contributed by atoms with E-state index in [2.05, 4.69) is 20.7 Å². The zero-order chi connectivity index (χ0) is 14.9. The number of thiazole rings is 1. The van der Waals surface area contributed by atoms with Gasteiger partial charge in [-0.05, 0) is 31.2 Å². The summed E-state index contributed by atoms with van der Waals surface area (Å²) in [5.74, 6) is 0. The van der Waals surface area contributed by atoms with Crippen LogP contribution in [0.2, 0.25) is 0 Å². The number of rotatable bonds is 3. The first-order chi connectivity index (χ1) is 10.8. The van der Waals surface area contributed by atoms with Crippen LogP contribution in [0.15, 0.2) is 58.3 Å².